The van der Waals surface area contributed by atoms with Gasteiger partial charge in [0.25, 0.3) is 0 Å². The Balaban J connectivity index is 1.40. The fraction of sp³-hybridized carbons (Fsp3) is 0.552. The van der Waals surface area contributed by atoms with E-state index in [1.165, 1.54) is 94.7 Å². The number of nitrogens with zero attached hydrogens (tertiary/aromatic N) is 1. The van der Waals surface area contributed by atoms with Crippen molar-refractivity contribution in [2.45, 2.75) is 90.4 Å². The Morgan fingerprint density at radius 3 is 2.06 bits per heavy atom. The number of rotatable bonds is 11. The van der Waals surface area contributed by atoms with Crippen LogP contribution in [0.3, 0.4) is 0 Å². The van der Waals surface area contributed by atoms with Crippen LogP contribution in [-0.4, -0.2) is 0 Å². The predicted molar refractivity (Wildman–Crippen MR) is 128 cm³/mol. The number of halogens is 2. The van der Waals surface area contributed by atoms with Gasteiger partial charge in [-0.1, -0.05) is 102 Å². The molecule has 2 aromatic rings. The van der Waals surface area contributed by atoms with Gasteiger partial charge in [0.15, 0.2) is 11.6 Å². The Hall–Kier alpha value is -2.21. The summed E-state index contributed by atoms with van der Waals surface area (Å²) in [7, 11) is 0. The van der Waals surface area contributed by atoms with Crippen LogP contribution in [0.15, 0.2) is 36.4 Å². The van der Waals surface area contributed by atoms with Crippen molar-refractivity contribution in [1.29, 1.82) is 5.26 Å². The minimum atomic E-state index is -1.07. The van der Waals surface area contributed by atoms with E-state index in [-0.39, 0.29) is 11.1 Å². The Morgan fingerprint density at radius 1 is 0.781 bits per heavy atom. The molecule has 0 heterocycles. The fourth-order valence-corrected chi connectivity index (χ4v) is 5.10. The van der Waals surface area contributed by atoms with Crippen LogP contribution in [0.25, 0.3) is 11.1 Å². The third-order valence-electron chi connectivity index (χ3n) is 7.24. The molecule has 0 bridgehead atoms. The summed E-state index contributed by atoms with van der Waals surface area (Å²) >= 11 is 0. The van der Waals surface area contributed by atoms with Gasteiger partial charge in [-0.3, -0.25) is 0 Å². The lowest BCUT2D eigenvalue weighted by Gasteiger charge is -2.28. The molecular formula is C29H37F2N. The van der Waals surface area contributed by atoms with Crippen molar-refractivity contribution in [2.24, 2.45) is 11.8 Å². The van der Waals surface area contributed by atoms with Crippen LogP contribution in [0.5, 0.6) is 0 Å². The quantitative estimate of drug-likeness (QED) is 0.322. The van der Waals surface area contributed by atoms with Crippen LogP contribution < -0.4 is 0 Å². The smallest absolute Gasteiger partial charge is 0.177 e. The molecule has 0 atom stereocenters. The Kier molecular flexibility index (Phi) is 9.72. The molecule has 2 aromatic carbocycles. The van der Waals surface area contributed by atoms with Crippen molar-refractivity contribution in [3.8, 4) is 17.2 Å². The van der Waals surface area contributed by atoms with Crippen molar-refractivity contribution in [3.63, 3.8) is 0 Å². The number of nitriles is 1. The molecule has 0 N–H and O–H groups in total. The van der Waals surface area contributed by atoms with E-state index >= 15 is 0 Å². The van der Waals surface area contributed by atoms with E-state index < -0.39 is 11.6 Å². The molecule has 0 unspecified atom stereocenters. The summed E-state index contributed by atoms with van der Waals surface area (Å²) < 4.78 is 28.2. The molecular weight excluding hydrogens is 400 g/mol. The number of aryl methyl sites for hydroxylation is 1. The zero-order valence-corrected chi connectivity index (χ0v) is 19.5. The first kappa shape index (κ1) is 24.4. The second-order valence-electron chi connectivity index (χ2n) is 9.58. The molecule has 32 heavy (non-hydrogen) atoms. The fourth-order valence-electron chi connectivity index (χ4n) is 5.10. The molecule has 1 fully saturated rings. The maximum absolute atomic E-state index is 14.3. The molecule has 0 spiro atoms. The van der Waals surface area contributed by atoms with E-state index in [9.17, 15) is 8.78 Å². The van der Waals surface area contributed by atoms with Crippen molar-refractivity contribution in [3.05, 3.63) is 59.2 Å². The van der Waals surface area contributed by atoms with Gasteiger partial charge in [0.05, 0.1) is 5.56 Å². The zero-order chi connectivity index (χ0) is 22.8. The van der Waals surface area contributed by atoms with E-state index in [2.05, 4.69) is 6.92 Å². The van der Waals surface area contributed by atoms with E-state index in [1.807, 2.05) is 24.3 Å². The third-order valence-corrected chi connectivity index (χ3v) is 7.24. The molecule has 0 saturated heterocycles. The van der Waals surface area contributed by atoms with Gasteiger partial charge < -0.3 is 0 Å². The summed E-state index contributed by atoms with van der Waals surface area (Å²) in [6, 6.07) is 12.3. The van der Waals surface area contributed by atoms with Gasteiger partial charge in [-0.25, -0.2) is 8.78 Å². The van der Waals surface area contributed by atoms with Crippen molar-refractivity contribution < 1.29 is 8.78 Å². The van der Waals surface area contributed by atoms with Crippen molar-refractivity contribution >= 4 is 0 Å². The summed E-state index contributed by atoms with van der Waals surface area (Å²) in [5.41, 5.74) is 1.84. The van der Waals surface area contributed by atoms with Gasteiger partial charge in [0, 0.05) is 5.56 Å². The summed E-state index contributed by atoms with van der Waals surface area (Å²) in [6.07, 6.45) is 17.5. The van der Waals surface area contributed by atoms with Gasteiger partial charge >= 0.3 is 0 Å². The number of hydrogen-bond acceptors (Lipinski definition) is 1. The summed E-state index contributed by atoms with van der Waals surface area (Å²) in [5.74, 6) is -0.254. The van der Waals surface area contributed by atoms with Crippen LogP contribution in [0.2, 0.25) is 0 Å². The van der Waals surface area contributed by atoms with Gasteiger partial charge in [0.1, 0.15) is 6.07 Å². The van der Waals surface area contributed by atoms with Crippen molar-refractivity contribution in [1.82, 2.24) is 0 Å². The molecule has 0 aliphatic heterocycles. The maximum atomic E-state index is 14.3. The first-order valence-corrected chi connectivity index (χ1v) is 12.6. The lowest BCUT2D eigenvalue weighted by atomic mass is 9.77. The largest absolute Gasteiger partial charge is 0.203 e. The molecule has 3 heteroatoms. The average molecular weight is 438 g/mol. The zero-order valence-electron chi connectivity index (χ0n) is 19.5. The lowest BCUT2D eigenvalue weighted by molar-refractivity contribution is 0.248. The molecule has 1 aliphatic rings. The standard InChI is InChI=1S/C29H37F2N/c1-2-3-4-5-6-7-8-22-9-11-23(12-10-22)13-14-24-15-17-25(18-16-24)27-20-19-26(21-32)28(30)29(27)31/h15-20,22-23H,2-14H2,1H3/t22-,23-. The molecule has 1 aliphatic carbocycles. The van der Waals surface area contributed by atoms with Gasteiger partial charge in [-0.05, 0) is 47.9 Å². The second kappa shape index (κ2) is 12.7. The minimum absolute atomic E-state index is 0.205. The van der Waals surface area contributed by atoms with Crippen LogP contribution in [-0.2, 0) is 6.42 Å². The first-order chi connectivity index (χ1) is 15.6. The minimum Gasteiger partial charge on any atom is -0.203 e. The molecule has 0 amide bonds. The first-order valence-electron chi connectivity index (χ1n) is 12.6. The van der Waals surface area contributed by atoms with Crippen LogP contribution in [0, 0.1) is 34.8 Å². The molecule has 172 valence electrons. The number of unbranched alkanes of at least 4 members (excludes halogenated alkanes) is 5. The van der Waals surface area contributed by atoms with E-state index in [0.29, 0.717) is 5.56 Å². The number of benzene rings is 2. The Labute approximate surface area is 192 Å². The van der Waals surface area contributed by atoms with E-state index in [0.717, 1.165) is 18.3 Å². The number of hydrogen-bond donors (Lipinski definition) is 0. The Bertz CT molecular complexity index is 873. The molecule has 3 rings (SSSR count). The van der Waals surface area contributed by atoms with E-state index in [4.69, 9.17) is 5.26 Å². The Morgan fingerprint density at radius 2 is 1.41 bits per heavy atom. The molecule has 0 radical (unpaired) electrons. The van der Waals surface area contributed by atoms with Crippen LogP contribution in [0.1, 0.15) is 95.1 Å². The van der Waals surface area contributed by atoms with Crippen molar-refractivity contribution in [2.75, 3.05) is 0 Å². The SMILES string of the molecule is CCCCCCCC[C@H]1CC[C@H](CCc2ccc(-c3ccc(C#N)c(F)c3F)cc2)CC1. The maximum Gasteiger partial charge on any atom is 0.177 e. The summed E-state index contributed by atoms with van der Waals surface area (Å²) in [4.78, 5) is 0. The molecule has 1 saturated carbocycles. The second-order valence-corrected chi connectivity index (χ2v) is 9.58. The molecule has 0 aromatic heterocycles. The van der Waals surface area contributed by atoms with E-state index in [1.54, 1.807) is 6.07 Å². The predicted octanol–water partition coefficient (Wildman–Crippen LogP) is 8.99. The average Bonchev–Trinajstić information content (AvgIpc) is 2.83. The highest BCUT2D eigenvalue weighted by atomic mass is 19.2. The normalized spacial score (nSPS) is 18.4. The highest BCUT2D eigenvalue weighted by Gasteiger charge is 2.21. The lowest BCUT2D eigenvalue weighted by Crippen LogP contribution is -2.15. The summed E-state index contributed by atoms with van der Waals surface area (Å²) in [5, 5.41) is 8.84. The van der Waals surface area contributed by atoms with Crippen LogP contribution in [0.4, 0.5) is 8.78 Å². The summed E-state index contributed by atoms with van der Waals surface area (Å²) in [6.45, 7) is 2.27. The van der Waals surface area contributed by atoms with Gasteiger partial charge in [-0.2, -0.15) is 5.26 Å². The van der Waals surface area contributed by atoms with Gasteiger partial charge in [-0.15, -0.1) is 0 Å². The molecule has 1 nitrogen and oxygen atoms in total. The van der Waals surface area contributed by atoms with Gasteiger partial charge in [0.2, 0.25) is 0 Å². The monoisotopic (exact) mass is 437 g/mol. The van der Waals surface area contributed by atoms with Crippen LogP contribution >= 0.6 is 0 Å². The highest BCUT2D eigenvalue weighted by Crippen LogP contribution is 2.34. The topological polar surface area (TPSA) is 23.8 Å². The third kappa shape index (κ3) is 6.89. The highest BCUT2D eigenvalue weighted by molar-refractivity contribution is 5.65.